The summed E-state index contributed by atoms with van der Waals surface area (Å²) in [5, 5.41) is 23.4. The van der Waals surface area contributed by atoms with Crippen molar-refractivity contribution < 1.29 is 19.6 Å². The van der Waals surface area contributed by atoms with Gasteiger partial charge in [-0.1, -0.05) is 26.0 Å². The molecule has 0 spiro atoms. The molecule has 0 bridgehead atoms. The van der Waals surface area contributed by atoms with Gasteiger partial charge in [-0.2, -0.15) is 0 Å². The SMILES string of the molecule is CCN(CC)C(CNC(=O)c1ccc([N+](=O)[O-])c(O)c1)c1cccc(OC)c1. The number of nitrogens with one attached hydrogen (secondary N) is 1. The van der Waals surface area contributed by atoms with Crippen LogP contribution in [0.15, 0.2) is 42.5 Å². The Balaban J connectivity index is 2.19. The molecule has 0 heterocycles. The maximum Gasteiger partial charge on any atom is 0.310 e. The Morgan fingerprint density at radius 2 is 1.96 bits per heavy atom. The van der Waals surface area contributed by atoms with Crippen LogP contribution in [0.2, 0.25) is 0 Å². The van der Waals surface area contributed by atoms with Crippen molar-refractivity contribution in [2.24, 2.45) is 0 Å². The summed E-state index contributed by atoms with van der Waals surface area (Å²) in [7, 11) is 1.61. The van der Waals surface area contributed by atoms with E-state index in [0.29, 0.717) is 6.54 Å². The molecule has 0 aliphatic heterocycles. The Bertz CT molecular complexity index is 836. The van der Waals surface area contributed by atoms with Crippen LogP contribution in [0.4, 0.5) is 5.69 Å². The van der Waals surface area contributed by atoms with Crippen LogP contribution < -0.4 is 10.1 Å². The van der Waals surface area contributed by atoms with Crippen LogP contribution in [0.3, 0.4) is 0 Å². The molecule has 1 amide bonds. The average Bonchev–Trinajstić information content (AvgIpc) is 2.70. The lowest BCUT2D eigenvalue weighted by Gasteiger charge is -2.30. The van der Waals surface area contributed by atoms with Crippen LogP contribution in [0.25, 0.3) is 0 Å². The molecular formula is C20H25N3O5. The fraction of sp³-hybridized carbons (Fsp3) is 0.350. The highest BCUT2D eigenvalue weighted by molar-refractivity contribution is 5.95. The lowest BCUT2D eigenvalue weighted by molar-refractivity contribution is -0.385. The second kappa shape index (κ2) is 9.70. The number of hydrogen-bond donors (Lipinski definition) is 2. The maximum atomic E-state index is 12.5. The third-order valence-corrected chi connectivity index (χ3v) is 4.62. The Kier molecular flexibility index (Phi) is 7.34. The molecule has 1 atom stereocenters. The van der Waals surface area contributed by atoms with Crippen molar-refractivity contribution in [1.29, 1.82) is 0 Å². The van der Waals surface area contributed by atoms with Crippen molar-refractivity contribution in [1.82, 2.24) is 10.2 Å². The molecule has 150 valence electrons. The quantitative estimate of drug-likeness (QED) is 0.506. The van der Waals surface area contributed by atoms with Crippen LogP contribution in [0, 0.1) is 10.1 Å². The molecule has 1 unspecified atom stereocenters. The Morgan fingerprint density at radius 1 is 1.25 bits per heavy atom. The van der Waals surface area contributed by atoms with E-state index in [2.05, 4.69) is 10.2 Å². The van der Waals surface area contributed by atoms with Gasteiger partial charge in [0.05, 0.1) is 18.1 Å². The third-order valence-electron chi connectivity index (χ3n) is 4.62. The van der Waals surface area contributed by atoms with Crippen molar-refractivity contribution in [3.05, 3.63) is 63.7 Å². The lowest BCUT2D eigenvalue weighted by atomic mass is 10.0. The first-order valence-corrected chi connectivity index (χ1v) is 9.04. The van der Waals surface area contributed by atoms with E-state index >= 15 is 0 Å². The standard InChI is InChI=1S/C20H25N3O5/c1-4-22(5-2)18(14-7-6-8-16(11-14)28-3)13-21-20(25)15-9-10-17(23(26)27)19(24)12-15/h6-12,18,24H,4-5,13H2,1-3H3,(H,21,25). The van der Waals surface area contributed by atoms with Gasteiger partial charge in [-0.25, -0.2) is 0 Å². The van der Waals surface area contributed by atoms with Gasteiger partial charge in [0.15, 0.2) is 5.75 Å². The lowest BCUT2D eigenvalue weighted by Crippen LogP contribution is -2.38. The zero-order valence-corrected chi connectivity index (χ0v) is 16.2. The summed E-state index contributed by atoms with van der Waals surface area (Å²) in [4.78, 5) is 24.8. The average molecular weight is 387 g/mol. The molecule has 2 aromatic rings. The number of aromatic hydroxyl groups is 1. The van der Waals surface area contributed by atoms with E-state index < -0.39 is 22.3 Å². The van der Waals surface area contributed by atoms with Crippen molar-refractivity contribution >= 4 is 11.6 Å². The van der Waals surface area contributed by atoms with E-state index in [0.717, 1.165) is 36.5 Å². The van der Waals surface area contributed by atoms with Crippen molar-refractivity contribution in [3.63, 3.8) is 0 Å². The monoisotopic (exact) mass is 387 g/mol. The fourth-order valence-electron chi connectivity index (χ4n) is 3.08. The largest absolute Gasteiger partial charge is 0.502 e. The predicted octanol–water partition coefficient (Wildman–Crippen LogP) is 3.12. The number of nitro groups is 1. The number of ether oxygens (including phenoxy) is 1. The second-order valence-corrected chi connectivity index (χ2v) is 6.18. The number of nitro benzene ring substituents is 1. The minimum absolute atomic E-state index is 0.0688. The number of hydrogen-bond acceptors (Lipinski definition) is 6. The van der Waals surface area contributed by atoms with E-state index in [1.807, 2.05) is 38.1 Å². The van der Waals surface area contributed by atoms with Gasteiger partial charge in [-0.05, 0) is 42.9 Å². The summed E-state index contributed by atoms with van der Waals surface area (Å²) in [6.45, 7) is 6.03. The van der Waals surface area contributed by atoms with Crippen LogP contribution in [0.5, 0.6) is 11.5 Å². The number of nitrogens with zero attached hydrogens (tertiary/aromatic N) is 2. The van der Waals surface area contributed by atoms with Gasteiger partial charge in [0.25, 0.3) is 5.91 Å². The fourth-order valence-corrected chi connectivity index (χ4v) is 3.08. The number of rotatable bonds is 9. The van der Waals surface area contributed by atoms with Crippen LogP contribution in [0.1, 0.15) is 35.8 Å². The number of methoxy groups -OCH3 is 1. The number of carbonyl (C=O) groups excluding carboxylic acids is 1. The molecule has 8 heteroatoms. The molecule has 28 heavy (non-hydrogen) atoms. The van der Waals surface area contributed by atoms with E-state index in [1.54, 1.807) is 7.11 Å². The summed E-state index contributed by atoms with van der Waals surface area (Å²) in [5.74, 6) is -0.211. The van der Waals surface area contributed by atoms with Gasteiger partial charge in [-0.3, -0.25) is 19.8 Å². The minimum atomic E-state index is -0.698. The number of likely N-dealkylation sites (N-methyl/N-ethyl adjacent to an activating group) is 1. The molecule has 0 aromatic heterocycles. The van der Waals surface area contributed by atoms with Crippen molar-refractivity contribution in [2.75, 3.05) is 26.7 Å². The highest BCUT2D eigenvalue weighted by atomic mass is 16.6. The Labute approximate surface area is 163 Å². The number of carbonyl (C=O) groups is 1. The van der Waals surface area contributed by atoms with Crippen molar-refractivity contribution in [2.45, 2.75) is 19.9 Å². The minimum Gasteiger partial charge on any atom is -0.502 e. The summed E-state index contributed by atoms with van der Waals surface area (Å²) in [6, 6.07) is 11.2. The topological polar surface area (TPSA) is 105 Å². The summed E-state index contributed by atoms with van der Waals surface area (Å²) < 4.78 is 5.30. The summed E-state index contributed by atoms with van der Waals surface area (Å²) >= 11 is 0. The van der Waals surface area contributed by atoms with Gasteiger partial charge in [0, 0.05) is 18.2 Å². The van der Waals surface area contributed by atoms with Crippen LogP contribution >= 0.6 is 0 Å². The molecule has 2 N–H and O–H groups in total. The van der Waals surface area contributed by atoms with Gasteiger partial charge in [-0.15, -0.1) is 0 Å². The summed E-state index contributed by atoms with van der Waals surface area (Å²) in [5.41, 5.74) is 0.732. The number of phenols is 1. The van der Waals surface area contributed by atoms with Crippen LogP contribution in [-0.4, -0.2) is 47.6 Å². The summed E-state index contributed by atoms with van der Waals surface area (Å²) in [6.07, 6.45) is 0. The predicted molar refractivity (Wildman–Crippen MR) is 106 cm³/mol. The molecule has 0 fully saturated rings. The molecule has 2 rings (SSSR count). The first kappa shape index (κ1) is 21.2. The Hall–Kier alpha value is -3.13. The first-order chi connectivity index (χ1) is 13.4. The zero-order valence-electron chi connectivity index (χ0n) is 16.2. The van der Waals surface area contributed by atoms with Gasteiger partial charge < -0.3 is 15.2 Å². The highest BCUT2D eigenvalue weighted by Gasteiger charge is 2.21. The number of benzene rings is 2. The Morgan fingerprint density at radius 3 is 2.54 bits per heavy atom. The second-order valence-electron chi connectivity index (χ2n) is 6.18. The van der Waals surface area contributed by atoms with E-state index in [9.17, 15) is 20.0 Å². The molecule has 0 aliphatic rings. The van der Waals surface area contributed by atoms with Gasteiger partial charge in [0.2, 0.25) is 0 Å². The highest BCUT2D eigenvalue weighted by Crippen LogP contribution is 2.27. The molecular weight excluding hydrogens is 362 g/mol. The molecule has 0 saturated heterocycles. The number of amides is 1. The van der Waals surface area contributed by atoms with Crippen LogP contribution in [-0.2, 0) is 0 Å². The molecule has 0 radical (unpaired) electrons. The first-order valence-electron chi connectivity index (χ1n) is 9.04. The van der Waals surface area contributed by atoms with E-state index in [4.69, 9.17) is 4.74 Å². The third kappa shape index (κ3) is 4.98. The zero-order chi connectivity index (χ0) is 20.7. The normalized spacial score (nSPS) is 11.9. The maximum absolute atomic E-state index is 12.5. The molecule has 2 aromatic carbocycles. The smallest absolute Gasteiger partial charge is 0.310 e. The van der Waals surface area contributed by atoms with E-state index in [1.165, 1.54) is 6.07 Å². The number of phenolic OH excluding ortho intramolecular Hbond substituents is 1. The molecule has 8 nitrogen and oxygen atoms in total. The van der Waals surface area contributed by atoms with Gasteiger partial charge >= 0.3 is 5.69 Å². The van der Waals surface area contributed by atoms with E-state index in [-0.39, 0.29) is 11.6 Å². The van der Waals surface area contributed by atoms with Crippen molar-refractivity contribution in [3.8, 4) is 11.5 Å². The molecule has 0 aliphatic carbocycles. The molecule has 0 saturated carbocycles. The van der Waals surface area contributed by atoms with Gasteiger partial charge in [0.1, 0.15) is 5.75 Å².